The third kappa shape index (κ3) is 2.98. The highest BCUT2D eigenvalue weighted by atomic mass is 16.3. The second-order valence-electron chi connectivity index (χ2n) is 3.15. The van der Waals surface area contributed by atoms with Crippen LogP contribution in [0, 0.1) is 0 Å². The lowest BCUT2D eigenvalue weighted by atomic mass is 10.2. The van der Waals surface area contributed by atoms with E-state index in [0.29, 0.717) is 0 Å². The zero-order chi connectivity index (χ0) is 11.4. The summed E-state index contributed by atoms with van der Waals surface area (Å²) in [5.74, 6) is -1.06. The van der Waals surface area contributed by atoms with Gasteiger partial charge in [-0.2, -0.15) is 0 Å². The van der Waals surface area contributed by atoms with Gasteiger partial charge >= 0.3 is 0 Å². The van der Waals surface area contributed by atoms with E-state index < -0.39 is 17.9 Å². The van der Waals surface area contributed by atoms with Crippen molar-refractivity contribution < 1.29 is 14.7 Å². The van der Waals surface area contributed by atoms with Gasteiger partial charge in [-0.05, 0) is 25.1 Å². The average Bonchev–Trinajstić information content (AvgIpc) is 2.17. The van der Waals surface area contributed by atoms with Crippen molar-refractivity contribution in [2.24, 2.45) is 5.73 Å². The van der Waals surface area contributed by atoms with Crippen LogP contribution in [-0.4, -0.2) is 23.0 Å². The van der Waals surface area contributed by atoms with Gasteiger partial charge in [-0.1, -0.05) is 6.07 Å². The Bertz CT molecular complexity index is 390. The number of benzene rings is 1. The molecule has 15 heavy (non-hydrogen) atoms. The van der Waals surface area contributed by atoms with Crippen molar-refractivity contribution in [3.63, 3.8) is 0 Å². The Labute approximate surface area is 86.9 Å². The van der Waals surface area contributed by atoms with Crippen molar-refractivity contribution in [1.82, 2.24) is 5.32 Å². The fourth-order valence-electron chi connectivity index (χ4n) is 0.998. The summed E-state index contributed by atoms with van der Waals surface area (Å²) in [6.45, 7) is 1.49. The number of hydrogen-bond acceptors (Lipinski definition) is 3. The molecular weight excluding hydrogens is 196 g/mol. The summed E-state index contributed by atoms with van der Waals surface area (Å²) in [4.78, 5) is 22.2. The first-order valence-electron chi connectivity index (χ1n) is 4.40. The molecule has 0 aliphatic heterocycles. The molecule has 0 saturated heterocycles. The molecule has 0 unspecified atom stereocenters. The molecule has 1 aromatic rings. The van der Waals surface area contributed by atoms with Crippen LogP contribution >= 0.6 is 0 Å². The highest BCUT2D eigenvalue weighted by molar-refractivity contribution is 5.97. The Morgan fingerprint density at radius 3 is 2.67 bits per heavy atom. The quantitative estimate of drug-likeness (QED) is 0.652. The van der Waals surface area contributed by atoms with Gasteiger partial charge in [0.25, 0.3) is 5.91 Å². The van der Waals surface area contributed by atoms with Crippen LogP contribution in [0.5, 0.6) is 5.75 Å². The van der Waals surface area contributed by atoms with E-state index in [4.69, 9.17) is 10.8 Å². The molecule has 0 heterocycles. The third-order valence-corrected chi connectivity index (χ3v) is 1.88. The lowest BCUT2D eigenvalue weighted by molar-refractivity contribution is -0.119. The van der Waals surface area contributed by atoms with E-state index in [2.05, 4.69) is 5.32 Å². The monoisotopic (exact) mass is 208 g/mol. The van der Waals surface area contributed by atoms with Gasteiger partial charge in [0.15, 0.2) is 0 Å². The van der Waals surface area contributed by atoms with Crippen LogP contribution in [0.4, 0.5) is 0 Å². The fraction of sp³-hybridized carbons (Fsp3) is 0.200. The molecule has 4 N–H and O–H groups in total. The number of carbonyl (C=O) groups excluding carboxylic acids is 2. The molecule has 0 saturated carbocycles. The zero-order valence-corrected chi connectivity index (χ0v) is 8.23. The number of rotatable bonds is 3. The van der Waals surface area contributed by atoms with Crippen molar-refractivity contribution in [2.45, 2.75) is 13.0 Å². The first-order valence-corrected chi connectivity index (χ1v) is 4.40. The summed E-state index contributed by atoms with van der Waals surface area (Å²) in [5.41, 5.74) is 5.27. The van der Waals surface area contributed by atoms with Crippen LogP contribution in [0.3, 0.4) is 0 Å². The third-order valence-electron chi connectivity index (χ3n) is 1.88. The number of phenols is 1. The Morgan fingerprint density at radius 1 is 1.47 bits per heavy atom. The zero-order valence-electron chi connectivity index (χ0n) is 8.23. The van der Waals surface area contributed by atoms with E-state index >= 15 is 0 Å². The minimum atomic E-state index is -0.736. The van der Waals surface area contributed by atoms with Crippen molar-refractivity contribution in [3.8, 4) is 5.75 Å². The minimum absolute atomic E-state index is 0.00521. The number of aromatic hydroxyl groups is 1. The van der Waals surface area contributed by atoms with E-state index in [1.165, 1.54) is 25.1 Å². The number of primary amides is 1. The molecule has 0 aromatic heterocycles. The molecule has 1 rings (SSSR count). The number of carbonyl (C=O) groups is 2. The summed E-state index contributed by atoms with van der Waals surface area (Å²) in [6, 6.07) is 5.10. The van der Waals surface area contributed by atoms with Gasteiger partial charge in [-0.15, -0.1) is 0 Å². The summed E-state index contributed by atoms with van der Waals surface area (Å²) < 4.78 is 0. The first-order chi connectivity index (χ1) is 7.00. The molecule has 1 aromatic carbocycles. The molecule has 5 nitrogen and oxygen atoms in total. The molecule has 0 aliphatic rings. The Kier molecular flexibility index (Phi) is 3.28. The van der Waals surface area contributed by atoms with Gasteiger partial charge in [0.1, 0.15) is 11.8 Å². The average molecular weight is 208 g/mol. The molecule has 0 fully saturated rings. The van der Waals surface area contributed by atoms with Gasteiger partial charge in [-0.3, -0.25) is 9.59 Å². The van der Waals surface area contributed by atoms with Crippen molar-refractivity contribution >= 4 is 11.8 Å². The second kappa shape index (κ2) is 4.45. The summed E-state index contributed by atoms with van der Waals surface area (Å²) in [6.07, 6.45) is 0. The molecule has 0 spiro atoms. The van der Waals surface area contributed by atoms with E-state index in [9.17, 15) is 9.59 Å². The van der Waals surface area contributed by atoms with Gasteiger partial charge in [-0.25, -0.2) is 0 Å². The first kappa shape index (κ1) is 11.0. The summed E-state index contributed by atoms with van der Waals surface area (Å²) in [7, 11) is 0. The van der Waals surface area contributed by atoms with Crippen LogP contribution in [-0.2, 0) is 4.79 Å². The van der Waals surface area contributed by atoms with Crippen molar-refractivity contribution in [3.05, 3.63) is 29.8 Å². The normalized spacial score (nSPS) is 11.8. The molecular formula is C10H12N2O3. The van der Waals surface area contributed by atoms with Crippen molar-refractivity contribution in [1.29, 1.82) is 0 Å². The van der Waals surface area contributed by atoms with Crippen LogP contribution < -0.4 is 11.1 Å². The number of hydrogen-bond donors (Lipinski definition) is 3. The highest BCUT2D eigenvalue weighted by Crippen LogP contribution is 2.10. The maximum Gasteiger partial charge on any atom is 0.252 e. The van der Waals surface area contributed by atoms with Crippen LogP contribution in [0.25, 0.3) is 0 Å². The number of phenolic OH excluding ortho intramolecular Hbond substituents is 1. The van der Waals surface area contributed by atoms with E-state index in [0.717, 1.165) is 0 Å². The predicted octanol–water partition coefficient (Wildman–Crippen LogP) is -0.00420. The topological polar surface area (TPSA) is 92.4 Å². The van der Waals surface area contributed by atoms with E-state index in [-0.39, 0.29) is 11.3 Å². The fourth-order valence-corrected chi connectivity index (χ4v) is 0.998. The van der Waals surface area contributed by atoms with Gasteiger partial charge < -0.3 is 16.2 Å². The molecule has 1 atom stereocenters. The molecule has 0 radical (unpaired) electrons. The summed E-state index contributed by atoms with van der Waals surface area (Å²) >= 11 is 0. The van der Waals surface area contributed by atoms with Crippen LogP contribution in [0.15, 0.2) is 24.3 Å². The lowest BCUT2D eigenvalue weighted by Crippen LogP contribution is -2.42. The standard InChI is InChI=1S/C10H12N2O3/c1-6(9(11)14)12-10(15)7-3-2-4-8(13)5-7/h2-6,13H,1H3,(H2,11,14)(H,12,15)/t6-/m1/s1. The van der Waals surface area contributed by atoms with Crippen molar-refractivity contribution in [2.75, 3.05) is 0 Å². The maximum absolute atomic E-state index is 11.5. The highest BCUT2D eigenvalue weighted by Gasteiger charge is 2.13. The SMILES string of the molecule is C[C@@H](NC(=O)c1cccc(O)c1)C(N)=O. The van der Waals surface area contributed by atoms with Crippen LogP contribution in [0.2, 0.25) is 0 Å². The van der Waals surface area contributed by atoms with E-state index in [1.54, 1.807) is 6.07 Å². The Hall–Kier alpha value is -2.04. The molecule has 80 valence electrons. The Balaban J connectivity index is 2.73. The van der Waals surface area contributed by atoms with Gasteiger partial charge in [0.05, 0.1) is 0 Å². The smallest absolute Gasteiger partial charge is 0.252 e. The van der Waals surface area contributed by atoms with Crippen LogP contribution in [0.1, 0.15) is 17.3 Å². The van der Waals surface area contributed by atoms with E-state index in [1.807, 2.05) is 0 Å². The number of nitrogens with one attached hydrogen (secondary N) is 1. The molecule has 0 aliphatic carbocycles. The largest absolute Gasteiger partial charge is 0.508 e. The van der Waals surface area contributed by atoms with Gasteiger partial charge in [0, 0.05) is 5.56 Å². The molecule has 5 heteroatoms. The predicted molar refractivity (Wildman–Crippen MR) is 54.2 cm³/mol. The lowest BCUT2D eigenvalue weighted by Gasteiger charge is -2.09. The Morgan fingerprint density at radius 2 is 2.13 bits per heavy atom. The number of amides is 2. The summed E-state index contributed by atoms with van der Waals surface area (Å²) in [5, 5.41) is 11.5. The number of nitrogens with two attached hydrogens (primary N) is 1. The van der Waals surface area contributed by atoms with Gasteiger partial charge in [0.2, 0.25) is 5.91 Å². The molecule has 2 amide bonds. The maximum atomic E-state index is 11.5. The second-order valence-corrected chi connectivity index (χ2v) is 3.15. The molecule has 0 bridgehead atoms. The minimum Gasteiger partial charge on any atom is -0.508 e.